The Bertz CT molecular complexity index is 374. The van der Waals surface area contributed by atoms with Crippen LogP contribution >= 0.6 is 11.6 Å². The molecule has 1 rings (SSSR count). The summed E-state index contributed by atoms with van der Waals surface area (Å²) in [5.74, 6) is 0.713. The minimum absolute atomic E-state index is 0.280. The summed E-state index contributed by atoms with van der Waals surface area (Å²) in [6.07, 6.45) is 0.218. The van der Waals surface area contributed by atoms with E-state index in [9.17, 15) is 5.11 Å². The lowest BCUT2D eigenvalue weighted by atomic mass is 10.2. The number of halogens is 1. The molecule has 1 aromatic carbocycles. The number of hydrogen-bond donors (Lipinski definition) is 2. The molecule has 1 aromatic rings. The molecule has 1 unspecified atom stereocenters. The molecule has 0 spiro atoms. The van der Waals surface area contributed by atoms with E-state index in [1.165, 1.54) is 0 Å². The highest BCUT2D eigenvalue weighted by molar-refractivity contribution is 6.31. The van der Waals surface area contributed by atoms with Crippen LogP contribution in [0.15, 0.2) is 18.2 Å². The SMILES string of the molecule is CCC(O)COc1cccc(Cl)c1CNCCOC. The van der Waals surface area contributed by atoms with E-state index in [0.29, 0.717) is 30.3 Å². The monoisotopic (exact) mass is 287 g/mol. The van der Waals surface area contributed by atoms with Crippen molar-refractivity contribution >= 4 is 11.6 Å². The van der Waals surface area contributed by atoms with Gasteiger partial charge in [-0.3, -0.25) is 0 Å². The van der Waals surface area contributed by atoms with Crippen LogP contribution in [0.25, 0.3) is 0 Å². The van der Waals surface area contributed by atoms with E-state index in [4.69, 9.17) is 21.1 Å². The Hall–Kier alpha value is -0.810. The second-order valence-electron chi connectivity index (χ2n) is 4.26. The zero-order valence-corrected chi connectivity index (χ0v) is 12.2. The maximum atomic E-state index is 9.54. The van der Waals surface area contributed by atoms with E-state index in [-0.39, 0.29) is 6.61 Å². The van der Waals surface area contributed by atoms with Crippen molar-refractivity contribution in [3.8, 4) is 5.75 Å². The van der Waals surface area contributed by atoms with Gasteiger partial charge in [-0.15, -0.1) is 0 Å². The summed E-state index contributed by atoms with van der Waals surface area (Å²) in [6, 6.07) is 5.54. The molecule has 19 heavy (non-hydrogen) atoms. The summed E-state index contributed by atoms with van der Waals surface area (Å²) in [4.78, 5) is 0. The van der Waals surface area contributed by atoms with Crippen molar-refractivity contribution in [2.45, 2.75) is 26.0 Å². The van der Waals surface area contributed by atoms with Gasteiger partial charge in [0.2, 0.25) is 0 Å². The number of aliphatic hydroxyl groups excluding tert-OH is 1. The quantitative estimate of drug-likeness (QED) is 0.684. The molecular formula is C14H22ClNO3. The largest absolute Gasteiger partial charge is 0.491 e. The average Bonchev–Trinajstić information content (AvgIpc) is 2.42. The summed E-state index contributed by atoms with van der Waals surface area (Å²) in [6.45, 7) is 4.20. The lowest BCUT2D eigenvalue weighted by Crippen LogP contribution is -2.20. The number of aliphatic hydroxyl groups is 1. The first-order valence-corrected chi connectivity index (χ1v) is 6.84. The first-order valence-electron chi connectivity index (χ1n) is 6.47. The highest BCUT2D eigenvalue weighted by atomic mass is 35.5. The number of rotatable bonds is 9. The molecule has 1 atom stereocenters. The van der Waals surface area contributed by atoms with Crippen LogP contribution in [0.1, 0.15) is 18.9 Å². The maximum absolute atomic E-state index is 9.54. The van der Waals surface area contributed by atoms with E-state index in [2.05, 4.69) is 5.32 Å². The molecule has 0 fully saturated rings. The molecule has 0 aliphatic carbocycles. The molecule has 0 bridgehead atoms. The number of nitrogens with one attached hydrogen (secondary N) is 1. The van der Waals surface area contributed by atoms with Gasteiger partial charge in [0.15, 0.2) is 0 Å². The number of hydrogen-bond acceptors (Lipinski definition) is 4. The lowest BCUT2D eigenvalue weighted by molar-refractivity contribution is 0.104. The van der Waals surface area contributed by atoms with Crippen LogP contribution in [0, 0.1) is 0 Å². The van der Waals surface area contributed by atoms with Crippen molar-refractivity contribution in [3.63, 3.8) is 0 Å². The Morgan fingerprint density at radius 3 is 2.89 bits per heavy atom. The van der Waals surface area contributed by atoms with Crippen molar-refractivity contribution in [1.82, 2.24) is 5.32 Å². The Labute approximate surface area is 119 Å². The maximum Gasteiger partial charge on any atom is 0.125 e. The molecule has 0 radical (unpaired) electrons. The molecular weight excluding hydrogens is 266 g/mol. The minimum atomic E-state index is -0.451. The van der Waals surface area contributed by atoms with Gasteiger partial charge in [-0.25, -0.2) is 0 Å². The predicted molar refractivity (Wildman–Crippen MR) is 76.8 cm³/mol. The topological polar surface area (TPSA) is 50.7 Å². The Morgan fingerprint density at radius 2 is 2.21 bits per heavy atom. The van der Waals surface area contributed by atoms with E-state index in [1.807, 2.05) is 25.1 Å². The zero-order valence-electron chi connectivity index (χ0n) is 11.5. The summed E-state index contributed by atoms with van der Waals surface area (Å²) >= 11 is 6.18. The fourth-order valence-corrected chi connectivity index (χ4v) is 1.77. The second-order valence-corrected chi connectivity index (χ2v) is 4.67. The molecule has 0 aromatic heterocycles. The molecule has 0 aliphatic heterocycles. The van der Waals surface area contributed by atoms with Crippen LogP contribution in [0.5, 0.6) is 5.75 Å². The molecule has 0 saturated carbocycles. The van der Waals surface area contributed by atoms with E-state index < -0.39 is 6.10 Å². The molecule has 0 aliphatic rings. The highest BCUT2D eigenvalue weighted by Gasteiger charge is 2.09. The van der Waals surface area contributed by atoms with E-state index in [1.54, 1.807) is 7.11 Å². The van der Waals surface area contributed by atoms with Crippen molar-refractivity contribution in [2.75, 3.05) is 26.9 Å². The molecule has 2 N–H and O–H groups in total. The van der Waals surface area contributed by atoms with Crippen LogP contribution in [0.3, 0.4) is 0 Å². The molecule has 5 heteroatoms. The molecule has 108 valence electrons. The van der Waals surface area contributed by atoms with Crippen LogP contribution < -0.4 is 10.1 Å². The van der Waals surface area contributed by atoms with Gasteiger partial charge >= 0.3 is 0 Å². The normalized spacial score (nSPS) is 12.4. The summed E-state index contributed by atoms with van der Waals surface area (Å²) in [5, 5.41) is 13.4. The molecule has 0 amide bonds. The van der Waals surface area contributed by atoms with Gasteiger partial charge in [-0.2, -0.15) is 0 Å². The fraction of sp³-hybridized carbons (Fsp3) is 0.571. The summed E-state index contributed by atoms with van der Waals surface area (Å²) in [5.41, 5.74) is 0.906. The fourth-order valence-electron chi connectivity index (χ4n) is 1.54. The first kappa shape index (κ1) is 16.2. The van der Waals surface area contributed by atoms with Gasteiger partial charge in [-0.05, 0) is 18.6 Å². The van der Waals surface area contributed by atoms with Crippen molar-refractivity contribution < 1.29 is 14.6 Å². The molecule has 4 nitrogen and oxygen atoms in total. The predicted octanol–water partition coefficient (Wildman–Crippen LogP) is 2.23. The van der Waals surface area contributed by atoms with Gasteiger partial charge < -0.3 is 19.9 Å². The second kappa shape index (κ2) is 9.15. The van der Waals surface area contributed by atoms with Crippen LogP contribution in [-0.4, -0.2) is 38.1 Å². The number of ether oxygens (including phenoxy) is 2. The van der Waals surface area contributed by atoms with E-state index in [0.717, 1.165) is 12.1 Å². The number of benzene rings is 1. The van der Waals surface area contributed by atoms with Crippen molar-refractivity contribution in [3.05, 3.63) is 28.8 Å². The lowest BCUT2D eigenvalue weighted by Gasteiger charge is -2.15. The molecule has 0 heterocycles. The summed E-state index contributed by atoms with van der Waals surface area (Å²) < 4.78 is 10.6. The Balaban J connectivity index is 2.61. The van der Waals surface area contributed by atoms with Crippen molar-refractivity contribution in [2.24, 2.45) is 0 Å². The van der Waals surface area contributed by atoms with E-state index >= 15 is 0 Å². The third kappa shape index (κ3) is 5.78. The highest BCUT2D eigenvalue weighted by Crippen LogP contribution is 2.26. The average molecular weight is 288 g/mol. The smallest absolute Gasteiger partial charge is 0.125 e. The number of methoxy groups -OCH3 is 1. The zero-order chi connectivity index (χ0) is 14.1. The standard InChI is InChI=1S/C14H22ClNO3/c1-3-11(17)10-19-14-6-4-5-13(15)12(14)9-16-7-8-18-2/h4-6,11,16-17H,3,7-10H2,1-2H3. The third-order valence-corrected chi connectivity index (χ3v) is 3.12. The van der Waals surface area contributed by atoms with Gasteiger partial charge in [0.05, 0.1) is 12.7 Å². The Kier molecular flexibility index (Phi) is 7.82. The van der Waals surface area contributed by atoms with Gasteiger partial charge in [-0.1, -0.05) is 24.6 Å². The Morgan fingerprint density at radius 1 is 1.42 bits per heavy atom. The summed E-state index contributed by atoms with van der Waals surface area (Å²) in [7, 11) is 1.66. The van der Waals surface area contributed by atoms with Gasteiger partial charge in [0, 0.05) is 30.8 Å². The van der Waals surface area contributed by atoms with Gasteiger partial charge in [0.25, 0.3) is 0 Å². The molecule has 0 saturated heterocycles. The van der Waals surface area contributed by atoms with Crippen LogP contribution in [0.4, 0.5) is 0 Å². The van der Waals surface area contributed by atoms with Crippen LogP contribution in [0.2, 0.25) is 5.02 Å². The third-order valence-electron chi connectivity index (χ3n) is 2.76. The van der Waals surface area contributed by atoms with Crippen LogP contribution in [-0.2, 0) is 11.3 Å². The minimum Gasteiger partial charge on any atom is -0.491 e. The first-order chi connectivity index (χ1) is 9.19. The van der Waals surface area contributed by atoms with Gasteiger partial charge in [0.1, 0.15) is 12.4 Å². The van der Waals surface area contributed by atoms with Crippen molar-refractivity contribution in [1.29, 1.82) is 0 Å².